The van der Waals surface area contributed by atoms with Crippen LogP contribution in [-0.4, -0.2) is 21.1 Å². The Morgan fingerprint density at radius 3 is 2.92 bits per heavy atom. The van der Waals surface area contributed by atoms with E-state index >= 15 is 0 Å². The number of nitrogens with zero attached hydrogens (tertiary/aromatic N) is 1. The molecular formula is C8H13N3OS. The summed E-state index contributed by atoms with van der Waals surface area (Å²) in [6, 6.07) is 0.290. The highest BCUT2D eigenvalue weighted by Crippen LogP contribution is 2.11. The summed E-state index contributed by atoms with van der Waals surface area (Å²) < 4.78 is 0.417. The standard InChI is InChI=1S/C8H13N3OS/c1-5(2)10-7-6(4-12)3-9-8(13)11-7/h3,5,12H,4H2,1-2H3,(H2,9,10,11,13). The Bertz CT molecular complexity index is 334. The third-order valence-electron chi connectivity index (χ3n) is 1.49. The highest BCUT2D eigenvalue weighted by molar-refractivity contribution is 7.71. The average Bonchev–Trinajstić information content (AvgIpc) is 2.03. The van der Waals surface area contributed by atoms with Crippen molar-refractivity contribution >= 4 is 18.0 Å². The number of hydrogen-bond acceptors (Lipinski definition) is 4. The van der Waals surface area contributed by atoms with Gasteiger partial charge < -0.3 is 15.4 Å². The molecular weight excluding hydrogens is 186 g/mol. The summed E-state index contributed by atoms with van der Waals surface area (Å²) in [4.78, 5) is 6.77. The minimum absolute atomic E-state index is 0.0475. The van der Waals surface area contributed by atoms with Crippen LogP contribution in [0.5, 0.6) is 0 Å². The molecule has 0 spiro atoms. The molecule has 0 aliphatic carbocycles. The van der Waals surface area contributed by atoms with E-state index in [9.17, 15) is 0 Å². The molecule has 72 valence electrons. The van der Waals surface area contributed by atoms with E-state index in [0.717, 1.165) is 11.4 Å². The van der Waals surface area contributed by atoms with Crippen molar-refractivity contribution in [2.24, 2.45) is 0 Å². The molecule has 0 saturated heterocycles. The summed E-state index contributed by atoms with van der Waals surface area (Å²) in [6.07, 6.45) is 1.57. The predicted molar refractivity (Wildman–Crippen MR) is 54.1 cm³/mol. The van der Waals surface area contributed by atoms with Crippen molar-refractivity contribution in [1.82, 2.24) is 9.97 Å². The van der Waals surface area contributed by atoms with Gasteiger partial charge in [0.2, 0.25) is 0 Å². The Labute approximate surface area is 82.0 Å². The van der Waals surface area contributed by atoms with Crippen molar-refractivity contribution in [3.63, 3.8) is 0 Å². The van der Waals surface area contributed by atoms with Crippen molar-refractivity contribution < 1.29 is 5.11 Å². The van der Waals surface area contributed by atoms with Gasteiger partial charge in [-0.15, -0.1) is 0 Å². The second-order valence-corrected chi connectivity index (χ2v) is 3.43. The van der Waals surface area contributed by atoms with E-state index in [1.165, 1.54) is 0 Å². The quantitative estimate of drug-likeness (QED) is 0.645. The first kappa shape index (κ1) is 10.1. The summed E-state index contributed by atoms with van der Waals surface area (Å²) in [5.41, 5.74) is 0.724. The van der Waals surface area contributed by atoms with Gasteiger partial charge in [0.1, 0.15) is 5.82 Å². The van der Waals surface area contributed by atoms with Gasteiger partial charge in [-0.2, -0.15) is 0 Å². The number of nitrogens with one attached hydrogen (secondary N) is 2. The lowest BCUT2D eigenvalue weighted by molar-refractivity contribution is 0.281. The van der Waals surface area contributed by atoms with Gasteiger partial charge in [-0.25, -0.2) is 4.98 Å². The molecule has 0 aliphatic heterocycles. The summed E-state index contributed by atoms with van der Waals surface area (Å²) in [7, 11) is 0. The fraction of sp³-hybridized carbons (Fsp3) is 0.500. The molecule has 1 heterocycles. The Morgan fingerprint density at radius 1 is 1.69 bits per heavy atom. The average molecular weight is 199 g/mol. The number of hydrogen-bond donors (Lipinski definition) is 3. The van der Waals surface area contributed by atoms with Crippen LogP contribution in [0.25, 0.3) is 0 Å². The first-order valence-electron chi connectivity index (χ1n) is 4.09. The van der Waals surface area contributed by atoms with E-state index in [-0.39, 0.29) is 6.61 Å². The number of H-pyrrole nitrogens is 1. The van der Waals surface area contributed by atoms with E-state index < -0.39 is 0 Å². The fourth-order valence-electron chi connectivity index (χ4n) is 0.958. The van der Waals surface area contributed by atoms with Gasteiger partial charge in [0.05, 0.1) is 6.61 Å². The fourth-order valence-corrected chi connectivity index (χ4v) is 1.11. The topological polar surface area (TPSA) is 60.9 Å². The number of aromatic nitrogens is 2. The molecule has 0 aromatic carbocycles. The molecule has 0 unspecified atom stereocenters. The summed E-state index contributed by atoms with van der Waals surface area (Å²) in [5.74, 6) is 0.748. The maximum absolute atomic E-state index is 8.99. The van der Waals surface area contributed by atoms with Crippen molar-refractivity contribution in [3.05, 3.63) is 16.5 Å². The van der Waals surface area contributed by atoms with E-state index in [1.54, 1.807) is 6.20 Å². The van der Waals surface area contributed by atoms with E-state index in [2.05, 4.69) is 15.3 Å². The third kappa shape index (κ3) is 2.78. The van der Waals surface area contributed by atoms with Gasteiger partial charge in [0.25, 0.3) is 0 Å². The number of aliphatic hydroxyl groups excluding tert-OH is 1. The molecule has 0 saturated carbocycles. The highest BCUT2D eigenvalue weighted by Gasteiger charge is 2.02. The number of anilines is 1. The molecule has 0 bridgehead atoms. The SMILES string of the molecule is CC(C)Nc1[nH]c(=S)ncc1CO. The van der Waals surface area contributed by atoms with Gasteiger partial charge in [0.15, 0.2) is 4.77 Å². The van der Waals surface area contributed by atoms with Gasteiger partial charge in [0, 0.05) is 17.8 Å². The lowest BCUT2D eigenvalue weighted by Crippen LogP contribution is -2.13. The molecule has 5 heteroatoms. The van der Waals surface area contributed by atoms with E-state index in [1.807, 2.05) is 13.8 Å². The molecule has 0 amide bonds. The van der Waals surface area contributed by atoms with Gasteiger partial charge in [-0.05, 0) is 26.1 Å². The van der Waals surface area contributed by atoms with Crippen LogP contribution in [-0.2, 0) is 6.61 Å². The first-order chi connectivity index (χ1) is 6.13. The van der Waals surface area contributed by atoms with Crippen LogP contribution in [0.4, 0.5) is 5.82 Å². The van der Waals surface area contributed by atoms with Crippen molar-refractivity contribution in [3.8, 4) is 0 Å². The van der Waals surface area contributed by atoms with Crippen molar-refractivity contribution in [1.29, 1.82) is 0 Å². The van der Waals surface area contributed by atoms with Crippen LogP contribution < -0.4 is 5.32 Å². The normalized spacial score (nSPS) is 10.5. The van der Waals surface area contributed by atoms with Crippen LogP contribution in [0, 0.1) is 4.77 Å². The number of aliphatic hydroxyl groups is 1. The minimum atomic E-state index is -0.0475. The zero-order valence-corrected chi connectivity index (χ0v) is 8.48. The summed E-state index contributed by atoms with van der Waals surface area (Å²) >= 11 is 4.87. The smallest absolute Gasteiger partial charge is 0.198 e. The largest absolute Gasteiger partial charge is 0.391 e. The molecule has 13 heavy (non-hydrogen) atoms. The zero-order valence-electron chi connectivity index (χ0n) is 7.66. The van der Waals surface area contributed by atoms with E-state index in [0.29, 0.717) is 10.8 Å². The van der Waals surface area contributed by atoms with Gasteiger partial charge in [-0.3, -0.25) is 0 Å². The van der Waals surface area contributed by atoms with Gasteiger partial charge >= 0.3 is 0 Å². The Hall–Kier alpha value is -0.940. The Balaban J connectivity index is 3.01. The molecule has 0 aliphatic rings. The van der Waals surface area contributed by atoms with Crippen LogP contribution >= 0.6 is 12.2 Å². The van der Waals surface area contributed by atoms with E-state index in [4.69, 9.17) is 17.3 Å². The monoisotopic (exact) mass is 199 g/mol. The molecule has 1 rings (SSSR count). The Kier molecular flexibility index (Phi) is 3.39. The van der Waals surface area contributed by atoms with Crippen molar-refractivity contribution in [2.75, 3.05) is 5.32 Å². The minimum Gasteiger partial charge on any atom is -0.391 e. The van der Waals surface area contributed by atoms with Crippen LogP contribution in [0.1, 0.15) is 19.4 Å². The highest BCUT2D eigenvalue weighted by atomic mass is 32.1. The van der Waals surface area contributed by atoms with Crippen LogP contribution in [0.2, 0.25) is 0 Å². The lowest BCUT2D eigenvalue weighted by atomic mass is 10.3. The second-order valence-electron chi connectivity index (χ2n) is 3.05. The maximum atomic E-state index is 8.99. The summed E-state index contributed by atoms with van der Waals surface area (Å²) in [5, 5.41) is 12.1. The number of aromatic amines is 1. The van der Waals surface area contributed by atoms with Crippen LogP contribution in [0.3, 0.4) is 0 Å². The molecule has 3 N–H and O–H groups in total. The van der Waals surface area contributed by atoms with Crippen LogP contribution in [0.15, 0.2) is 6.20 Å². The second kappa shape index (κ2) is 4.34. The predicted octanol–water partition coefficient (Wildman–Crippen LogP) is 1.45. The Morgan fingerprint density at radius 2 is 2.38 bits per heavy atom. The zero-order chi connectivity index (χ0) is 9.84. The molecule has 1 aromatic heterocycles. The molecule has 1 aromatic rings. The number of rotatable bonds is 3. The first-order valence-corrected chi connectivity index (χ1v) is 4.50. The van der Waals surface area contributed by atoms with Gasteiger partial charge in [-0.1, -0.05) is 0 Å². The maximum Gasteiger partial charge on any atom is 0.198 e. The molecule has 0 fully saturated rings. The molecule has 0 radical (unpaired) electrons. The molecule has 4 nitrogen and oxygen atoms in total. The lowest BCUT2D eigenvalue weighted by Gasteiger charge is -2.12. The molecule has 0 atom stereocenters. The third-order valence-corrected chi connectivity index (χ3v) is 1.70. The van der Waals surface area contributed by atoms with Crippen molar-refractivity contribution in [2.45, 2.75) is 26.5 Å². The summed E-state index contributed by atoms with van der Waals surface area (Å²) in [6.45, 7) is 3.98.